The van der Waals surface area contributed by atoms with Gasteiger partial charge in [0.15, 0.2) is 5.78 Å². The Bertz CT molecular complexity index is 1340. The molecule has 0 aromatic carbocycles. The minimum absolute atomic E-state index is 0.119. The Morgan fingerprint density at radius 3 is 2.47 bits per heavy atom. The zero-order valence-electron chi connectivity index (χ0n) is 22.8. The van der Waals surface area contributed by atoms with Crippen molar-refractivity contribution < 1.29 is 4.79 Å². The lowest BCUT2D eigenvalue weighted by Crippen LogP contribution is -2.33. The van der Waals surface area contributed by atoms with Crippen LogP contribution in [0, 0.1) is 6.92 Å². The van der Waals surface area contributed by atoms with Crippen molar-refractivity contribution in [2.45, 2.75) is 70.8 Å². The number of Topliss-reactive ketones (excluding diaryl/α,β-unsaturated/α-hetero) is 1. The Kier molecular flexibility index (Phi) is 8.48. The molecule has 3 aromatic heterocycles. The van der Waals surface area contributed by atoms with E-state index in [0.29, 0.717) is 17.3 Å². The fourth-order valence-electron chi connectivity index (χ4n) is 6.24. The summed E-state index contributed by atoms with van der Waals surface area (Å²) in [5.41, 5.74) is 2.96. The maximum Gasteiger partial charge on any atom is 0.262 e. The molecule has 202 valence electrons. The van der Waals surface area contributed by atoms with Crippen LogP contribution in [-0.2, 0) is 0 Å². The quantitative estimate of drug-likeness (QED) is 0.263. The first-order valence-corrected chi connectivity index (χ1v) is 15.4. The highest BCUT2D eigenvalue weighted by Gasteiger charge is 2.25. The summed E-state index contributed by atoms with van der Waals surface area (Å²) in [7, 11) is 0. The number of rotatable bonds is 9. The van der Waals surface area contributed by atoms with E-state index < -0.39 is 0 Å². The number of aromatic nitrogens is 3. The molecule has 2 fully saturated rings. The molecular formula is C30H39N5O2S. The third-order valence-corrected chi connectivity index (χ3v) is 9.02. The third kappa shape index (κ3) is 5.66. The average molecular weight is 534 g/mol. The molecule has 0 spiro atoms. The summed E-state index contributed by atoms with van der Waals surface area (Å²) in [6.07, 6.45) is 13.7. The lowest BCUT2D eigenvalue weighted by Gasteiger charge is -2.32. The summed E-state index contributed by atoms with van der Waals surface area (Å²) < 4.78 is 1.85. The number of carbonyl (C=O) groups is 1. The van der Waals surface area contributed by atoms with E-state index in [1.54, 1.807) is 6.20 Å². The van der Waals surface area contributed by atoms with E-state index in [0.717, 1.165) is 55.5 Å². The Hall–Kier alpha value is -2.71. The molecule has 5 rings (SSSR count). The lowest BCUT2D eigenvalue weighted by atomic mass is 9.90. The highest BCUT2D eigenvalue weighted by atomic mass is 32.2. The van der Waals surface area contributed by atoms with Crippen molar-refractivity contribution in [3.8, 4) is 0 Å². The molecule has 2 aliphatic rings. The van der Waals surface area contributed by atoms with Crippen LogP contribution in [0.1, 0.15) is 85.3 Å². The number of aryl methyl sites for hydroxylation is 1. The molecule has 1 N–H and O–H groups in total. The molecule has 7 nitrogen and oxygen atoms in total. The average Bonchev–Trinajstić information content (AvgIpc) is 3.44. The van der Waals surface area contributed by atoms with Crippen LogP contribution in [-0.4, -0.2) is 56.9 Å². The van der Waals surface area contributed by atoms with Crippen LogP contribution in [0.3, 0.4) is 0 Å². The van der Waals surface area contributed by atoms with Crippen molar-refractivity contribution in [3.63, 3.8) is 0 Å². The van der Waals surface area contributed by atoms with Crippen LogP contribution in [0.5, 0.6) is 0 Å². The number of ketones is 1. The monoisotopic (exact) mass is 533 g/mol. The van der Waals surface area contributed by atoms with Crippen molar-refractivity contribution in [2.24, 2.45) is 0 Å². The van der Waals surface area contributed by atoms with Gasteiger partial charge < -0.3 is 14.8 Å². The van der Waals surface area contributed by atoms with E-state index in [-0.39, 0.29) is 22.9 Å². The summed E-state index contributed by atoms with van der Waals surface area (Å²) in [4.78, 5) is 37.7. The number of piperidine rings is 1. The summed E-state index contributed by atoms with van der Waals surface area (Å²) in [5.74, 6) is 3.00. The van der Waals surface area contributed by atoms with Gasteiger partial charge in [0.2, 0.25) is 0 Å². The third-order valence-electron chi connectivity index (χ3n) is 8.32. The van der Waals surface area contributed by atoms with Crippen molar-refractivity contribution >= 4 is 40.1 Å². The summed E-state index contributed by atoms with van der Waals surface area (Å²) in [5, 5.41) is 4.20. The smallest absolute Gasteiger partial charge is 0.262 e. The molecule has 0 amide bonds. The van der Waals surface area contributed by atoms with Gasteiger partial charge in [0, 0.05) is 29.9 Å². The second-order valence-corrected chi connectivity index (χ2v) is 11.8. The van der Waals surface area contributed by atoms with Gasteiger partial charge in [-0.25, -0.2) is 9.97 Å². The number of pyridine rings is 3. The molecular weight excluding hydrogens is 494 g/mol. The lowest BCUT2D eigenvalue weighted by molar-refractivity contribution is 0.101. The van der Waals surface area contributed by atoms with Crippen LogP contribution < -0.4 is 10.9 Å². The summed E-state index contributed by atoms with van der Waals surface area (Å²) >= 11 is 1.93. The van der Waals surface area contributed by atoms with Crippen LogP contribution in [0.4, 0.5) is 11.6 Å². The first-order chi connectivity index (χ1) is 18.5. The Morgan fingerprint density at radius 1 is 1.08 bits per heavy atom. The van der Waals surface area contributed by atoms with Gasteiger partial charge in [-0.2, -0.15) is 11.8 Å². The topological polar surface area (TPSA) is 80.1 Å². The summed E-state index contributed by atoms with van der Waals surface area (Å²) in [6.45, 7) is 6.85. The maximum atomic E-state index is 13.5. The molecule has 1 saturated carbocycles. The van der Waals surface area contributed by atoms with E-state index in [4.69, 9.17) is 4.98 Å². The fourth-order valence-corrected chi connectivity index (χ4v) is 6.66. The van der Waals surface area contributed by atoms with Crippen molar-refractivity contribution in [1.82, 2.24) is 19.4 Å². The van der Waals surface area contributed by atoms with Crippen LogP contribution in [0.25, 0.3) is 10.9 Å². The fraction of sp³-hybridized carbons (Fsp3) is 0.533. The second-order valence-electron chi connectivity index (χ2n) is 10.8. The number of hydrogen-bond acceptors (Lipinski definition) is 7. The van der Waals surface area contributed by atoms with E-state index in [1.807, 2.05) is 41.6 Å². The molecule has 0 bridgehead atoms. The van der Waals surface area contributed by atoms with Gasteiger partial charge in [0.05, 0.1) is 11.1 Å². The van der Waals surface area contributed by atoms with Crippen LogP contribution >= 0.6 is 11.8 Å². The number of nitrogens with one attached hydrogen (secondary N) is 1. The molecule has 1 aliphatic heterocycles. The van der Waals surface area contributed by atoms with Gasteiger partial charge in [-0.3, -0.25) is 9.59 Å². The SMILES string of the molecule is CSCCCN1CCC(c2ccc(Nc3cc4c(cn3)c(C)c(C(C)=O)c(=O)n4C3CCCC3)nc2)CC1. The standard InChI is InChI=1S/C30H39N5O2S/c1-20-25-19-32-28(17-26(25)35(24-7-4-5-8-24)30(37)29(20)21(2)36)33-27-10-9-23(18-31-27)22-11-14-34(15-12-22)13-6-16-38-3/h9-10,17-19,22,24H,4-8,11-16H2,1-3H3,(H,31,32,33). The largest absolute Gasteiger partial charge is 0.325 e. The maximum absolute atomic E-state index is 13.5. The minimum atomic E-state index is -0.186. The molecule has 4 heterocycles. The van der Waals surface area contributed by atoms with Gasteiger partial charge in [-0.15, -0.1) is 0 Å². The van der Waals surface area contributed by atoms with Gasteiger partial charge in [-0.05, 0) is 101 Å². The molecule has 38 heavy (non-hydrogen) atoms. The van der Waals surface area contributed by atoms with E-state index in [9.17, 15) is 9.59 Å². The van der Waals surface area contributed by atoms with E-state index in [2.05, 4.69) is 27.5 Å². The van der Waals surface area contributed by atoms with Crippen LogP contribution in [0.2, 0.25) is 0 Å². The van der Waals surface area contributed by atoms with Crippen molar-refractivity contribution in [2.75, 3.05) is 37.0 Å². The number of anilines is 2. The van der Waals surface area contributed by atoms with Crippen molar-refractivity contribution in [1.29, 1.82) is 0 Å². The van der Waals surface area contributed by atoms with Crippen LogP contribution in [0.15, 0.2) is 35.4 Å². The number of thioether (sulfide) groups is 1. The molecule has 3 aromatic rings. The molecule has 0 radical (unpaired) electrons. The molecule has 0 atom stereocenters. The molecule has 0 unspecified atom stereocenters. The number of nitrogens with zero attached hydrogens (tertiary/aromatic N) is 4. The minimum Gasteiger partial charge on any atom is -0.325 e. The number of carbonyl (C=O) groups excluding carboxylic acids is 1. The Balaban J connectivity index is 1.34. The molecule has 1 saturated heterocycles. The first-order valence-electron chi connectivity index (χ1n) is 14.0. The highest BCUT2D eigenvalue weighted by Crippen LogP contribution is 2.33. The van der Waals surface area contributed by atoms with Gasteiger partial charge in [0.25, 0.3) is 5.56 Å². The number of hydrogen-bond donors (Lipinski definition) is 1. The Morgan fingerprint density at radius 2 is 1.82 bits per heavy atom. The van der Waals surface area contributed by atoms with Gasteiger partial charge >= 0.3 is 0 Å². The van der Waals surface area contributed by atoms with Gasteiger partial charge in [0.1, 0.15) is 11.6 Å². The van der Waals surface area contributed by atoms with E-state index >= 15 is 0 Å². The summed E-state index contributed by atoms with van der Waals surface area (Å²) in [6, 6.07) is 6.27. The number of fused-ring (bicyclic) bond motifs is 1. The first kappa shape index (κ1) is 26.9. The second kappa shape index (κ2) is 12.0. The molecule has 1 aliphatic carbocycles. The van der Waals surface area contributed by atoms with Gasteiger partial charge in [-0.1, -0.05) is 18.9 Å². The normalized spacial score (nSPS) is 17.3. The zero-order valence-corrected chi connectivity index (χ0v) is 23.6. The molecule has 8 heteroatoms. The predicted molar refractivity (Wildman–Crippen MR) is 157 cm³/mol. The van der Waals surface area contributed by atoms with Crippen molar-refractivity contribution in [3.05, 3.63) is 57.6 Å². The highest BCUT2D eigenvalue weighted by molar-refractivity contribution is 7.98. The zero-order chi connectivity index (χ0) is 26.6. The number of likely N-dealkylation sites (tertiary alicyclic amines) is 1. The predicted octanol–water partition coefficient (Wildman–Crippen LogP) is 6.09. The Labute approximate surface area is 229 Å². The van der Waals surface area contributed by atoms with E-state index in [1.165, 1.54) is 44.0 Å².